The Balaban J connectivity index is 2.97. The molecule has 0 radical (unpaired) electrons. The van der Waals surface area contributed by atoms with Crippen LogP contribution in [-0.4, -0.2) is 36.2 Å². The monoisotopic (exact) mass is 267 g/mol. The van der Waals surface area contributed by atoms with Gasteiger partial charge in [0.1, 0.15) is 0 Å². The zero-order valence-corrected chi connectivity index (χ0v) is 12.3. The SMILES string of the molecule is CSCCC(C)N(C)c1ccc(C)cc1C(=O)O. The molecule has 4 heteroatoms. The Morgan fingerprint density at radius 3 is 2.72 bits per heavy atom. The normalized spacial score (nSPS) is 12.2. The molecule has 3 nitrogen and oxygen atoms in total. The number of benzene rings is 1. The average Bonchev–Trinajstić information content (AvgIpc) is 2.34. The van der Waals surface area contributed by atoms with Crippen molar-refractivity contribution in [3.63, 3.8) is 0 Å². The maximum absolute atomic E-state index is 11.3. The highest BCUT2D eigenvalue weighted by molar-refractivity contribution is 7.98. The van der Waals surface area contributed by atoms with E-state index < -0.39 is 5.97 Å². The minimum absolute atomic E-state index is 0.332. The molecule has 0 amide bonds. The summed E-state index contributed by atoms with van der Waals surface area (Å²) in [7, 11) is 1.96. The molecule has 1 atom stereocenters. The molecular formula is C14H21NO2S. The van der Waals surface area contributed by atoms with Crippen molar-refractivity contribution >= 4 is 23.4 Å². The highest BCUT2D eigenvalue weighted by Crippen LogP contribution is 2.24. The quantitative estimate of drug-likeness (QED) is 0.859. The lowest BCUT2D eigenvalue weighted by molar-refractivity contribution is 0.0697. The van der Waals surface area contributed by atoms with Gasteiger partial charge in [0, 0.05) is 13.1 Å². The van der Waals surface area contributed by atoms with Crippen LogP contribution in [-0.2, 0) is 0 Å². The van der Waals surface area contributed by atoms with Crippen molar-refractivity contribution < 1.29 is 9.90 Å². The number of carbonyl (C=O) groups is 1. The van der Waals surface area contributed by atoms with E-state index in [0.29, 0.717) is 11.6 Å². The van der Waals surface area contributed by atoms with E-state index in [-0.39, 0.29) is 0 Å². The van der Waals surface area contributed by atoms with Crippen LogP contribution in [0.3, 0.4) is 0 Å². The van der Waals surface area contributed by atoms with E-state index in [4.69, 9.17) is 0 Å². The highest BCUT2D eigenvalue weighted by Gasteiger charge is 2.17. The molecule has 1 aromatic carbocycles. The molecular weight excluding hydrogens is 246 g/mol. The van der Waals surface area contributed by atoms with Crippen LogP contribution in [0, 0.1) is 6.92 Å². The van der Waals surface area contributed by atoms with Gasteiger partial charge in [-0.3, -0.25) is 0 Å². The number of aromatic carboxylic acids is 1. The number of carboxylic acids is 1. The summed E-state index contributed by atoms with van der Waals surface area (Å²) in [5.74, 6) is 0.220. The Morgan fingerprint density at radius 2 is 2.17 bits per heavy atom. The fraction of sp³-hybridized carbons (Fsp3) is 0.500. The maximum atomic E-state index is 11.3. The molecule has 1 unspecified atom stereocenters. The van der Waals surface area contributed by atoms with E-state index in [1.807, 2.05) is 37.9 Å². The van der Waals surface area contributed by atoms with Crippen LogP contribution in [0.4, 0.5) is 5.69 Å². The third-order valence-electron chi connectivity index (χ3n) is 3.16. The molecule has 1 aromatic rings. The fourth-order valence-corrected chi connectivity index (χ4v) is 2.43. The van der Waals surface area contributed by atoms with Gasteiger partial charge in [-0.1, -0.05) is 11.6 Å². The van der Waals surface area contributed by atoms with Crippen LogP contribution in [0.25, 0.3) is 0 Å². The number of rotatable bonds is 6. The Labute approximate surface area is 113 Å². The molecule has 0 aliphatic rings. The van der Waals surface area contributed by atoms with Crippen molar-refractivity contribution in [3.05, 3.63) is 29.3 Å². The second kappa shape index (κ2) is 6.69. The second-order valence-corrected chi connectivity index (χ2v) is 5.55. The molecule has 0 aliphatic carbocycles. The van der Waals surface area contributed by atoms with E-state index in [1.165, 1.54) is 0 Å². The Kier molecular flexibility index (Phi) is 5.54. The number of aryl methyl sites for hydroxylation is 1. The van der Waals surface area contributed by atoms with E-state index in [1.54, 1.807) is 6.07 Å². The molecule has 0 aliphatic heterocycles. The zero-order chi connectivity index (χ0) is 13.7. The van der Waals surface area contributed by atoms with Gasteiger partial charge in [0.2, 0.25) is 0 Å². The summed E-state index contributed by atoms with van der Waals surface area (Å²) < 4.78 is 0. The standard InChI is InChI=1S/C14H21NO2S/c1-10-5-6-13(12(9-10)14(16)17)15(3)11(2)7-8-18-4/h5-6,9,11H,7-8H2,1-4H3,(H,16,17). The van der Waals surface area contributed by atoms with Gasteiger partial charge >= 0.3 is 5.97 Å². The molecule has 18 heavy (non-hydrogen) atoms. The largest absolute Gasteiger partial charge is 0.478 e. The summed E-state index contributed by atoms with van der Waals surface area (Å²) in [6, 6.07) is 5.92. The number of anilines is 1. The molecule has 100 valence electrons. The van der Waals surface area contributed by atoms with Gasteiger partial charge in [-0.2, -0.15) is 11.8 Å². The van der Waals surface area contributed by atoms with Crippen LogP contribution in [0.15, 0.2) is 18.2 Å². The first-order valence-electron chi connectivity index (χ1n) is 6.03. The third-order valence-corrected chi connectivity index (χ3v) is 3.81. The van der Waals surface area contributed by atoms with Crippen LogP contribution in [0.2, 0.25) is 0 Å². The summed E-state index contributed by atoms with van der Waals surface area (Å²) in [6.45, 7) is 4.04. The first kappa shape index (κ1) is 14.9. The average molecular weight is 267 g/mol. The van der Waals surface area contributed by atoms with Crippen LogP contribution >= 0.6 is 11.8 Å². The topological polar surface area (TPSA) is 40.5 Å². The number of nitrogens with zero attached hydrogens (tertiary/aromatic N) is 1. The summed E-state index contributed by atoms with van der Waals surface area (Å²) in [5, 5.41) is 9.27. The number of hydrogen-bond donors (Lipinski definition) is 1. The lowest BCUT2D eigenvalue weighted by Gasteiger charge is -2.28. The second-order valence-electron chi connectivity index (χ2n) is 4.57. The minimum Gasteiger partial charge on any atom is -0.478 e. The lowest BCUT2D eigenvalue weighted by Crippen LogP contribution is -2.30. The van der Waals surface area contributed by atoms with Crippen molar-refractivity contribution in [3.8, 4) is 0 Å². The van der Waals surface area contributed by atoms with Crippen molar-refractivity contribution in [2.75, 3.05) is 24.0 Å². The van der Waals surface area contributed by atoms with Gasteiger partial charge < -0.3 is 10.0 Å². The molecule has 1 N–H and O–H groups in total. The lowest BCUT2D eigenvalue weighted by atomic mass is 10.1. The maximum Gasteiger partial charge on any atom is 0.337 e. The summed E-state index contributed by atoms with van der Waals surface area (Å²) in [4.78, 5) is 13.3. The van der Waals surface area contributed by atoms with Crippen molar-refractivity contribution in [2.45, 2.75) is 26.3 Å². The van der Waals surface area contributed by atoms with Crippen molar-refractivity contribution in [1.82, 2.24) is 0 Å². The number of thioether (sulfide) groups is 1. The van der Waals surface area contributed by atoms with Gasteiger partial charge in [-0.05, 0) is 44.4 Å². The van der Waals surface area contributed by atoms with E-state index in [2.05, 4.69) is 18.1 Å². The highest BCUT2D eigenvalue weighted by atomic mass is 32.2. The van der Waals surface area contributed by atoms with Gasteiger partial charge in [0.25, 0.3) is 0 Å². The first-order valence-corrected chi connectivity index (χ1v) is 7.42. The Morgan fingerprint density at radius 1 is 1.50 bits per heavy atom. The predicted molar refractivity (Wildman–Crippen MR) is 79.0 cm³/mol. The molecule has 0 aromatic heterocycles. The van der Waals surface area contributed by atoms with Crippen molar-refractivity contribution in [1.29, 1.82) is 0 Å². The van der Waals surface area contributed by atoms with Gasteiger partial charge in [0.05, 0.1) is 11.3 Å². The number of hydrogen-bond acceptors (Lipinski definition) is 3. The van der Waals surface area contributed by atoms with Gasteiger partial charge in [0.15, 0.2) is 0 Å². The molecule has 0 fully saturated rings. The molecule has 1 rings (SSSR count). The van der Waals surface area contributed by atoms with E-state index in [0.717, 1.165) is 23.4 Å². The minimum atomic E-state index is -0.863. The van der Waals surface area contributed by atoms with E-state index >= 15 is 0 Å². The van der Waals surface area contributed by atoms with Gasteiger partial charge in [-0.25, -0.2) is 4.79 Å². The molecule has 0 heterocycles. The van der Waals surface area contributed by atoms with Crippen LogP contribution < -0.4 is 4.90 Å². The molecule has 0 bridgehead atoms. The Hall–Kier alpha value is -1.16. The predicted octanol–water partition coefficient (Wildman–Crippen LogP) is 3.27. The van der Waals surface area contributed by atoms with Crippen LogP contribution in [0.1, 0.15) is 29.3 Å². The van der Waals surface area contributed by atoms with Crippen LogP contribution in [0.5, 0.6) is 0 Å². The summed E-state index contributed by atoms with van der Waals surface area (Å²) >= 11 is 1.81. The van der Waals surface area contributed by atoms with Gasteiger partial charge in [-0.15, -0.1) is 0 Å². The third kappa shape index (κ3) is 3.67. The smallest absolute Gasteiger partial charge is 0.337 e. The summed E-state index contributed by atoms with van der Waals surface area (Å²) in [5.41, 5.74) is 2.15. The van der Waals surface area contributed by atoms with Crippen molar-refractivity contribution in [2.24, 2.45) is 0 Å². The number of carboxylic acid groups (broad SMARTS) is 1. The molecule has 0 saturated carbocycles. The first-order chi connectivity index (χ1) is 8.47. The molecule has 0 spiro atoms. The molecule has 0 saturated heterocycles. The Bertz CT molecular complexity index is 420. The fourth-order valence-electron chi connectivity index (χ4n) is 1.85. The summed E-state index contributed by atoms with van der Waals surface area (Å²) in [6.07, 6.45) is 3.13. The van der Waals surface area contributed by atoms with E-state index in [9.17, 15) is 9.90 Å². The zero-order valence-electron chi connectivity index (χ0n) is 11.4.